The van der Waals surface area contributed by atoms with Gasteiger partial charge in [-0.15, -0.1) is 0 Å². The number of amides is 1. The predicted molar refractivity (Wildman–Crippen MR) is 123 cm³/mol. The van der Waals surface area contributed by atoms with E-state index in [2.05, 4.69) is 26.1 Å². The average molecular weight is 466 g/mol. The van der Waals surface area contributed by atoms with Gasteiger partial charge in [-0.1, -0.05) is 20.8 Å². The number of carbonyl (C=O) groups excluding carboxylic acids is 1. The highest BCUT2D eigenvalue weighted by atomic mass is 16.4. The second kappa shape index (κ2) is 9.12. The fourth-order valence-corrected chi connectivity index (χ4v) is 8.95. The van der Waals surface area contributed by atoms with Crippen molar-refractivity contribution in [1.29, 1.82) is 0 Å². The van der Waals surface area contributed by atoms with Crippen LogP contribution in [0, 0.1) is 46.3 Å². The number of carboxylic acids is 1. The van der Waals surface area contributed by atoms with Crippen LogP contribution in [-0.4, -0.2) is 57.2 Å². The zero-order valence-corrected chi connectivity index (χ0v) is 20.4. The normalized spacial score (nSPS) is 47.7. The molecule has 0 saturated heterocycles. The molecule has 0 aromatic carbocycles. The highest BCUT2D eigenvalue weighted by Gasteiger charge is 2.65. The zero-order valence-electron chi connectivity index (χ0n) is 20.4. The highest BCUT2D eigenvalue weighted by Crippen LogP contribution is 2.68. The topological polar surface area (TPSA) is 127 Å². The van der Waals surface area contributed by atoms with E-state index in [1.807, 2.05) is 0 Å². The SMILES string of the molecule is C[C@H](CCC(=O)NCC(=O)O)[C@H]1CCC2[C@@H]3[C@H](O)CC4C[C@H](O)CC[C@]4(C)[C@H]3C[C@H](O)[C@@]21C. The minimum Gasteiger partial charge on any atom is -0.480 e. The number of hydrogen-bond donors (Lipinski definition) is 5. The van der Waals surface area contributed by atoms with E-state index < -0.39 is 12.1 Å². The van der Waals surface area contributed by atoms with Gasteiger partial charge in [-0.25, -0.2) is 0 Å². The summed E-state index contributed by atoms with van der Waals surface area (Å²) < 4.78 is 0. The molecule has 4 aliphatic carbocycles. The third kappa shape index (κ3) is 4.23. The molecule has 0 bridgehead atoms. The maximum absolute atomic E-state index is 12.0. The number of fused-ring (bicyclic) bond motifs is 5. The van der Waals surface area contributed by atoms with Crippen molar-refractivity contribution in [3.05, 3.63) is 0 Å². The lowest BCUT2D eigenvalue weighted by molar-refractivity contribution is -0.207. The molecule has 0 aromatic heterocycles. The Morgan fingerprint density at radius 2 is 1.76 bits per heavy atom. The molecule has 0 aromatic rings. The summed E-state index contributed by atoms with van der Waals surface area (Å²) in [4.78, 5) is 22.7. The van der Waals surface area contributed by atoms with Crippen molar-refractivity contribution >= 4 is 11.9 Å². The van der Waals surface area contributed by atoms with Crippen LogP contribution in [0.2, 0.25) is 0 Å². The number of hydrogen-bond acceptors (Lipinski definition) is 5. The lowest BCUT2D eigenvalue weighted by Gasteiger charge is -2.63. The van der Waals surface area contributed by atoms with E-state index in [0.717, 1.165) is 38.5 Å². The zero-order chi connectivity index (χ0) is 24.1. The number of aliphatic carboxylic acids is 1. The molecule has 11 atom stereocenters. The lowest BCUT2D eigenvalue weighted by atomic mass is 9.43. The molecular formula is C26H43NO6. The molecule has 7 nitrogen and oxygen atoms in total. The maximum atomic E-state index is 12.0. The summed E-state index contributed by atoms with van der Waals surface area (Å²) >= 11 is 0. The summed E-state index contributed by atoms with van der Waals surface area (Å²) in [6.07, 6.45) is 5.86. The molecule has 0 radical (unpaired) electrons. The molecule has 4 saturated carbocycles. The Morgan fingerprint density at radius 3 is 2.45 bits per heavy atom. The Morgan fingerprint density at radius 1 is 1.03 bits per heavy atom. The van der Waals surface area contributed by atoms with Crippen molar-refractivity contribution in [2.75, 3.05) is 6.54 Å². The number of aliphatic hydroxyl groups is 3. The molecule has 0 aliphatic heterocycles. The van der Waals surface area contributed by atoms with Crippen molar-refractivity contribution in [1.82, 2.24) is 5.32 Å². The fourth-order valence-electron chi connectivity index (χ4n) is 8.95. The van der Waals surface area contributed by atoms with Gasteiger partial charge in [-0.05, 0) is 97.7 Å². The van der Waals surface area contributed by atoms with Crippen LogP contribution in [0.25, 0.3) is 0 Å². The number of carbonyl (C=O) groups is 2. The smallest absolute Gasteiger partial charge is 0.322 e. The van der Waals surface area contributed by atoms with Gasteiger partial charge in [-0.3, -0.25) is 9.59 Å². The molecule has 7 heteroatoms. The van der Waals surface area contributed by atoms with Crippen molar-refractivity contribution in [2.24, 2.45) is 46.3 Å². The molecule has 0 spiro atoms. The number of carboxylic acid groups (broad SMARTS) is 1. The molecule has 0 heterocycles. The van der Waals surface area contributed by atoms with Crippen LogP contribution in [0.1, 0.15) is 78.6 Å². The van der Waals surface area contributed by atoms with E-state index >= 15 is 0 Å². The number of aliphatic hydroxyl groups excluding tert-OH is 3. The minimum absolute atomic E-state index is 0.0668. The van der Waals surface area contributed by atoms with Crippen molar-refractivity contribution in [2.45, 2.75) is 96.9 Å². The average Bonchev–Trinajstić information content (AvgIpc) is 3.11. The summed E-state index contributed by atoms with van der Waals surface area (Å²) in [5.74, 6) is 0.265. The van der Waals surface area contributed by atoms with Gasteiger partial charge >= 0.3 is 5.97 Å². The Kier molecular flexibility index (Phi) is 6.89. The second-order valence-electron chi connectivity index (χ2n) is 12.2. The van der Waals surface area contributed by atoms with Gasteiger partial charge in [0, 0.05) is 6.42 Å². The maximum Gasteiger partial charge on any atom is 0.322 e. The van der Waals surface area contributed by atoms with E-state index in [0.29, 0.717) is 25.2 Å². The fraction of sp³-hybridized carbons (Fsp3) is 0.923. The van der Waals surface area contributed by atoms with Gasteiger partial charge in [0.05, 0.1) is 18.3 Å². The van der Waals surface area contributed by atoms with Crippen molar-refractivity contribution in [3.63, 3.8) is 0 Å². The molecule has 188 valence electrons. The molecule has 1 amide bonds. The third-order valence-electron chi connectivity index (χ3n) is 10.8. The van der Waals surface area contributed by atoms with Gasteiger partial charge in [0.25, 0.3) is 0 Å². The van der Waals surface area contributed by atoms with Crippen LogP contribution >= 0.6 is 0 Å². The molecule has 4 fully saturated rings. The summed E-state index contributed by atoms with van der Waals surface area (Å²) in [6.45, 7) is 6.35. The van der Waals surface area contributed by atoms with E-state index in [9.17, 15) is 24.9 Å². The Hall–Kier alpha value is -1.18. The first-order valence-corrected chi connectivity index (χ1v) is 13.0. The molecule has 4 aliphatic rings. The number of rotatable bonds is 6. The van der Waals surface area contributed by atoms with Crippen LogP contribution < -0.4 is 5.32 Å². The van der Waals surface area contributed by atoms with E-state index in [4.69, 9.17) is 5.11 Å². The Labute approximate surface area is 197 Å². The first kappa shape index (κ1) is 24.9. The van der Waals surface area contributed by atoms with Gasteiger partial charge < -0.3 is 25.7 Å². The van der Waals surface area contributed by atoms with Gasteiger partial charge in [0.15, 0.2) is 0 Å². The highest BCUT2D eigenvalue weighted by molar-refractivity contribution is 5.81. The Balaban J connectivity index is 1.49. The molecule has 5 N–H and O–H groups in total. The molecule has 4 rings (SSSR count). The summed E-state index contributed by atoms with van der Waals surface area (Å²) in [7, 11) is 0. The standard InChI is InChI=1S/C26H43NO6/c1-14(4-7-22(31)27-13-23(32)33)17-5-6-18-24-19(12-21(30)26(17,18)3)25(2)9-8-16(28)10-15(25)11-20(24)29/h14-21,24,28-30H,4-13H2,1-3H3,(H,27,31)(H,32,33)/t14-,15?,16-,17-,18?,19+,20-,21+,24+,25+,26-/m1/s1. The van der Waals surface area contributed by atoms with Crippen LogP contribution in [0.4, 0.5) is 0 Å². The monoisotopic (exact) mass is 465 g/mol. The molecular weight excluding hydrogens is 422 g/mol. The van der Waals surface area contributed by atoms with Crippen LogP contribution in [-0.2, 0) is 9.59 Å². The second-order valence-corrected chi connectivity index (χ2v) is 12.2. The third-order valence-corrected chi connectivity index (χ3v) is 10.8. The number of nitrogens with one attached hydrogen (secondary N) is 1. The predicted octanol–water partition coefficient (Wildman–Crippen LogP) is 2.56. The van der Waals surface area contributed by atoms with Gasteiger partial charge in [0.1, 0.15) is 6.54 Å². The molecule has 33 heavy (non-hydrogen) atoms. The Bertz CT molecular complexity index is 759. The van der Waals surface area contributed by atoms with Gasteiger partial charge in [0.2, 0.25) is 5.91 Å². The van der Waals surface area contributed by atoms with Crippen LogP contribution in [0.15, 0.2) is 0 Å². The van der Waals surface area contributed by atoms with Crippen molar-refractivity contribution < 1.29 is 30.0 Å². The van der Waals surface area contributed by atoms with Crippen molar-refractivity contribution in [3.8, 4) is 0 Å². The van der Waals surface area contributed by atoms with E-state index in [-0.39, 0.29) is 65.1 Å². The lowest BCUT2D eigenvalue weighted by Crippen LogP contribution is -2.62. The van der Waals surface area contributed by atoms with E-state index in [1.165, 1.54) is 0 Å². The first-order valence-electron chi connectivity index (χ1n) is 13.0. The van der Waals surface area contributed by atoms with E-state index in [1.54, 1.807) is 0 Å². The van der Waals surface area contributed by atoms with Gasteiger partial charge in [-0.2, -0.15) is 0 Å². The van der Waals surface area contributed by atoms with Crippen LogP contribution in [0.5, 0.6) is 0 Å². The molecule has 2 unspecified atom stereocenters. The quantitative estimate of drug-likeness (QED) is 0.410. The summed E-state index contributed by atoms with van der Waals surface area (Å²) in [5.41, 5.74) is -0.214. The van der Waals surface area contributed by atoms with Crippen LogP contribution in [0.3, 0.4) is 0 Å². The minimum atomic E-state index is -1.04. The summed E-state index contributed by atoms with van der Waals surface area (Å²) in [6, 6.07) is 0. The largest absolute Gasteiger partial charge is 0.480 e. The summed E-state index contributed by atoms with van der Waals surface area (Å²) in [5, 5.41) is 44.4. The first-order chi connectivity index (χ1) is 15.5.